The van der Waals surface area contributed by atoms with Crippen LogP contribution in [0.3, 0.4) is 0 Å². The summed E-state index contributed by atoms with van der Waals surface area (Å²) in [6, 6.07) is 10.3. The van der Waals surface area contributed by atoms with Crippen LogP contribution in [0.1, 0.15) is 5.56 Å². The number of benzene rings is 2. The average Bonchev–Trinajstić information content (AvgIpc) is 2.61. The molecule has 0 unspecified atom stereocenters. The van der Waals surface area contributed by atoms with Crippen LogP contribution in [-0.2, 0) is 9.59 Å². The van der Waals surface area contributed by atoms with E-state index in [1.165, 1.54) is 24.3 Å². The van der Waals surface area contributed by atoms with E-state index in [9.17, 15) is 19.7 Å². The lowest BCUT2D eigenvalue weighted by Crippen LogP contribution is -2.54. The molecule has 2 aromatic carbocycles. The molecule has 1 heterocycles. The van der Waals surface area contributed by atoms with Gasteiger partial charge in [0.2, 0.25) is 0 Å². The van der Waals surface area contributed by atoms with Gasteiger partial charge in [0.25, 0.3) is 17.5 Å². The SMILES string of the molecule is O=C1NC(=S)N(c2ccc(Cl)cc2)C(=O)/C1=C/c1ccc(Cl)c([N+](=O)[O-])c1. The molecule has 10 heteroatoms. The van der Waals surface area contributed by atoms with E-state index in [2.05, 4.69) is 5.32 Å². The molecular weight excluding hydrogens is 413 g/mol. The normalized spacial score (nSPS) is 15.9. The van der Waals surface area contributed by atoms with Crippen molar-refractivity contribution < 1.29 is 14.5 Å². The van der Waals surface area contributed by atoms with Crippen LogP contribution in [0.15, 0.2) is 48.0 Å². The van der Waals surface area contributed by atoms with Crippen LogP contribution in [0.25, 0.3) is 6.08 Å². The number of hydrogen-bond acceptors (Lipinski definition) is 5. The van der Waals surface area contributed by atoms with Gasteiger partial charge in [-0.25, -0.2) is 0 Å². The first-order valence-electron chi connectivity index (χ1n) is 7.39. The number of hydrogen-bond donors (Lipinski definition) is 1. The number of nitro groups is 1. The van der Waals surface area contributed by atoms with E-state index in [0.29, 0.717) is 10.7 Å². The molecule has 0 saturated carbocycles. The first-order valence-corrected chi connectivity index (χ1v) is 8.55. The van der Waals surface area contributed by atoms with Crippen molar-refractivity contribution in [1.29, 1.82) is 0 Å². The van der Waals surface area contributed by atoms with Gasteiger partial charge in [-0.3, -0.25) is 29.9 Å². The molecule has 7 nitrogen and oxygen atoms in total. The van der Waals surface area contributed by atoms with E-state index in [4.69, 9.17) is 35.4 Å². The number of nitro benzene ring substituents is 1. The fraction of sp³-hybridized carbons (Fsp3) is 0. The Kier molecular flexibility index (Phi) is 5.22. The third kappa shape index (κ3) is 3.82. The predicted octanol–water partition coefficient (Wildman–Crippen LogP) is 3.73. The standard InChI is InChI=1S/C17H9Cl2N3O4S/c18-10-2-4-11(5-3-10)21-16(24)12(15(23)20-17(21)27)7-9-1-6-13(19)14(8-9)22(25)26/h1-8H,(H,20,23,27)/b12-7+. The number of nitrogens with one attached hydrogen (secondary N) is 1. The number of carbonyl (C=O) groups is 2. The van der Waals surface area contributed by atoms with Crippen LogP contribution < -0.4 is 10.2 Å². The van der Waals surface area contributed by atoms with Crippen LogP contribution in [-0.4, -0.2) is 21.9 Å². The Labute approximate surface area is 168 Å². The van der Waals surface area contributed by atoms with Crippen molar-refractivity contribution in [2.45, 2.75) is 0 Å². The summed E-state index contributed by atoms with van der Waals surface area (Å²) in [6.07, 6.45) is 1.24. The Balaban J connectivity index is 2.03. The van der Waals surface area contributed by atoms with Gasteiger partial charge >= 0.3 is 0 Å². The van der Waals surface area contributed by atoms with E-state index < -0.39 is 16.7 Å². The largest absolute Gasteiger partial charge is 0.298 e. The second kappa shape index (κ2) is 7.43. The number of amides is 2. The summed E-state index contributed by atoms with van der Waals surface area (Å²) >= 11 is 16.7. The van der Waals surface area contributed by atoms with Gasteiger partial charge in [0.05, 0.1) is 10.6 Å². The van der Waals surface area contributed by atoms with Crippen LogP contribution in [0.5, 0.6) is 0 Å². The van der Waals surface area contributed by atoms with E-state index in [1.54, 1.807) is 24.3 Å². The molecule has 27 heavy (non-hydrogen) atoms. The maximum atomic E-state index is 12.8. The quantitative estimate of drug-likeness (QED) is 0.268. The third-order valence-corrected chi connectivity index (χ3v) is 4.52. The smallest absolute Gasteiger partial charge is 0.288 e. The average molecular weight is 422 g/mol. The number of rotatable bonds is 3. The maximum absolute atomic E-state index is 12.8. The van der Waals surface area contributed by atoms with Crippen molar-refractivity contribution in [1.82, 2.24) is 5.32 Å². The van der Waals surface area contributed by atoms with Crippen molar-refractivity contribution in [2.75, 3.05) is 4.90 Å². The number of thiocarbonyl (C=S) groups is 1. The molecule has 2 aromatic rings. The minimum atomic E-state index is -0.701. The summed E-state index contributed by atoms with van der Waals surface area (Å²) < 4.78 is 0. The van der Waals surface area contributed by atoms with Gasteiger partial charge in [-0.05, 0) is 54.2 Å². The van der Waals surface area contributed by atoms with Crippen molar-refractivity contribution in [3.8, 4) is 0 Å². The zero-order chi connectivity index (χ0) is 19.7. The van der Waals surface area contributed by atoms with Gasteiger partial charge in [0.15, 0.2) is 5.11 Å². The summed E-state index contributed by atoms with van der Waals surface area (Å²) in [4.78, 5) is 36.6. The zero-order valence-corrected chi connectivity index (χ0v) is 15.6. The fourth-order valence-electron chi connectivity index (χ4n) is 2.41. The van der Waals surface area contributed by atoms with Gasteiger partial charge in [-0.2, -0.15) is 0 Å². The molecule has 0 aromatic heterocycles. The molecule has 1 fully saturated rings. The van der Waals surface area contributed by atoms with Crippen LogP contribution >= 0.6 is 35.4 Å². The molecule has 0 atom stereocenters. The van der Waals surface area contributed by atoms with Crippen molar-refractivity contribution in [2.24, 2.45) is 0 Å². The second-order valence-corrected chi connectivity index (χ2v) is 6.63. The molecule has 136 valence electrons. The van der Waals surface area contributed by atoms with Gasteiger partial charge in [0.1, 0.15) is 10.6 Å². The molecule has 1 aliphatic heterocycles. The van der Waals surface area contributed by atoms with Crippen molar-refractivity contribution in [3.05, 3.63) is 73.8 Å². The summed E-state index contributed by atoms with van der Waals surface area (Å²) in [5.41, 5.74) is 0.130. The Hall–Kier alpha value is -2.81. The Bertz CT molecular complexity index is 1020. The topological polar surface area (TPSA) is 92.6 Å². The summed E-state index contributed by atoms with van der Waals surface area (Å²) in [7, 11) is 0. The summed E-state index contributed by atoms with van der Waals surface area (Å²) in [6.45, 7) is 0. The highest BCUT2D eigenvalue weighted by atomic mass is 35.5. The third-order valence-electron chi connectivity index (χ3n) is 3.66. The molecule has 0 spiro atoms. The lowest BCUT2D eigenvalue weighted by molar-refractivity contribution is -0.384. The first kappa shape index (κ1) is 19.0. The number of halogens is 2. The number of anilines is 1. The maximum Gasteiger partial charge on any atom is 0.288 e. The molecule has 1 aliphatic rings. The highest BCUT2D eigenvalue weighted by Crippen LogP contribution is 2.28. The first-order chi connectivity index (χ1) is 12.8. The van der Waals surface area contributed by atoms with Crippen molar-refractivity contribution >= 4 is 69.8 Å². The molecule has 0 aliphatic carbocycles. The monoisotopic (exact) mass is 421 g/mol. The number of nitrogens with zero attached hydrogens (tertiary/aromatic N) is 2. The Morgan fingerprint density at radius 2 is 1.78 bits per heavy atom. The molecule has 1 N–H and O–H groups in total. The fourth-order valence-corrected chi connectivity index (χ4v) is 3.00. The highest BCUT2D eigenvalue weighted by molar-refractivity contribution is 7.80. The lowest BCUT2D eigenvalue weighted by Gasteiger charge is -2.28. The van der Waals surface area contributed by atoms with Crippen LogP contribution in [0.4, 0.5) is 11.4 Å². The van der Waals surface area contributed by atoms with E-state index in [0.717, 1.165) is 4.90 Å². The van der Waals surface area contributed by atoms with Gasteiger partial charge in [0, 0.05) is 11.1 Å². The van der Waals surface area contributed by atoms with Crippen LogP contribution in [0, 0.1) is 10.1 Å². The van der Waals surface area contributed by atoms with Crippen LogP contribution in [0.2, 0.25) is 10.0 Å². The lowest BCUT2D eigenvalue weighted by atomic mass is 10.1. The Morgan fingerprint density at radius 1 is 1.11 bits per heavy atom. The molecular formula is C17H9Cl2N3O4S. The molecule has 2 amide bonds. The van der Waals surface area contributed by atoms with Gasteiger partial charge in [-0.1, -0.05) is 29.3 Å². The number of carbonyl (C=O) groups excluding carboxylic acids is 2. The van der Waals surface area contributed by atoms with Crippen molar-refractivity contribution in [3.63, 3.8) is 0 Å². The van der Waals surface area contributed by atoms with Gasteiger partial charge in [-0.15, -0.1) is 0 Å². The minimum absolute atomic E-state index is 0.0504. The Morgan fingerprint density at radius 3 is 2.41 bits per heavy atom. The van der Waals surface area contributed by atoms with E-state index in [-0.39, 0.29) is 27.0 Å². The summed E-state index contributed by atoms with van der Waals surface area (Å²) in [5.74, 6) is -1.36. The second-order valence-electron chi connectivity index (χ2n) is 5.40. The molecule has 3 rings (SSSR count). The van der Waals surface area contributed by atoms with E-state index in [1.807, 2.05) is 0 Å². The highest BCUT2D eigenvalue weighted by Gasteiger charge is 2.34. The molecule has 1 saturated heterocycles. The zero-order valence-electron chi connectivity index (χ0n) is 13.3. The van der Waals surface area contributed by atoms with Gasteiger partial charge < -0.3 is 0 Å². The minimum Gasteiger partial charge on any atom is -0.298 e. The predicted molar refractivity (Wildman–Crippen MR) is 106 cm³/mol. The molecule has 0 radical (unpaired) electrons. The van der Waals surface area contributed by atoms with E-state index >= 15 is 0 Å². The summed E-state index contributed by atoms with van der Waals surface area (Å²) in [5, 5.41) is 13.8. The molecule has 0 bridgehead atoms.